The standard InChI is InChI=1S/C26H26FN5O4/c1-5-20(33)18-13-29-26(28)23-19(8-7-15-11-17(35-3)12-21(36-4)24(15)27)30-32(25(18)23)16-9-10-31(14-16)22(34)6-2/h6,11-13,16H,2,5,9-10,14H2,1,3-4H3,(H2,28,29). The van der Waals surface area contributed by atoms with Crippen LogP contribution in [0.4, 0.5) is 10.2 Å². The van der Waals surface area contributed by atoms with E-state index in [4.69, 9.17) is 15.2 Å². The van der Waals surface area contributed by atoms with E-state index in [0.717, 1.165) is 0 Å². The molecular weight excluding hydrogens is 465 g/mol. The van der Waals surface area contributed by atoms with Gasteiger partial charge in [-0.1, -0.05) is 19.4 Å². The highest BCUT2D eigenvalue weighted by Crippen LogP contribution is 2.33. The number of Topliss-reactive ketones (excluding diaryl/α,β-unsaturated/α-hetero) is 1. The number of hydrogen-bond donors (Lipinski definition) is 1. The molecule has 1 unspecified atom stereocenters. The molecule has 3 aromatic rings. The average molecular weight is 492 g/mol. The quantitative estimate of drug-likeness (QED) is 0.320. The normalized spacial score (nSPS) is 14.9. The minimum Gasteiger partial charge on any atom is -0.497 e. The van der Waals surface area contributed by atoms with Gasteiger partial charge in [-0.05, 0) is 24.5 Å². The van der Waals surface area contributed by atoms with Crippen LogP contribution in [0, 0.1) is 17.7 Å². The van der Waals surface area contributed by atoms with E-state index in [1.54, 1.807) is 16.5 Å². The molecule has 0 spiro atoms. The van der Waals surface area contributed by atoms with Gasteiger partial charge in [-0.15, -0.1) is 0 Å². The van der Waals surface area contributed by atoms with Gasteiger partial charge in [-0.2, -0.15) is 5.10 Å². The molecule has 0 saturated carbocycles. The summed E-state index contributed by atoms with van der Waals surface area (Å²) >= 11 is 0. The van der Waals surface area contributed by atoms with Crippen molar-refractivity contribution in [3.63, 3.8) is 0 Å². The molecule has 186 valence electrons. The summed E-state index contributed by atoms with van der Waals surface area (Å²) in [6.45, 7) is 6.21. The average Bonchev–Trinajstić information content (AvgIpc) is 3.53. The maximum absolute atomic E-state index is 14.9. The van der Waals surface area contributed by atoms with Gasteiger partial charge in [0.05, 0.1) is 42.3 Å². The second kappa shape index (κ2) is 10.1. The zero-order chi connectivity index (χ0) is 26.0. The van der Waals surface area contributed by atoms with Crippen molar-refractivity contribution in [3.05, 3.63) is 53.6 Å². The third-order valence-corrected chi connectivity index (χ3v) is 6.16. The number of carbonyl (C=O) groups is 2. The molecule has 2 aromatic heterocycles. The fourth-order valence-corrected chi connectivity index (χ4v) is 4.27. The number of benzene rings is 1. The van der Waals surface area contributed by atoms with Crippen LogP contribution in [0.1, 0.15) is 47.4 Å². The van der Waals surface area contributed by atoms with Crippen molar-refractivity contribution < 1.29 is 23.5 Å². The summed E-state index contributed by atoms with van der Waals surface area (Å²) in [6.07, 6.45) is 3.58. The number of nitrogens with zero attached hydrogens (tertiary/aromatic N) is 4. The van der Waals surface area contributed by atoms with Crippen LogP contribution >= 0.6 is 0 Å². The van der Waals surface area contributed by atoms with Gasteiger partial charge in [-0.3, -0.25) is 14.3 Å². The lowest BCUT2D eigenvalue weighted by molar-refractivity contribution is -0.125. The highest BCUT2D eigenvalue weighted by Gasteiger charge is 2.30. The summed E-state index contributed by atoms with van der Waals surface area (Å²) in [6, 6.07) is 2.66. The zero-order valence-corrected chi connectivity index (χ0v) is 20.3. The predicted molar refractivity (Wildman–Crippen MR) is 132 cm³/mol. The summed E-state index contributed by atoms with van der Waals surface area (Å²) in [7, 11) is 2.81. The van der Waals surface area contributed by atoms with Gasteiger partial charge < -0.3 is 20.1 Å². The number of nitrogen functional groups attached to an aromatic ring is 1. The first kappa shape index (κ1) is 24.7. The molecule has 1 aromatic carbocycles. The monoisotopic (exact) mass is 491 g/mol. The molecule has 2 N–H and O–H groups in total. The SMILES string of the molecule is C=CC(=O)N1CCC(n2nc(C#Cc3cc(OC)cc(OC)c3F)c3c(N)ncc(C(=O)CC)c32)C1. The Morgan fingerprint density at radius 2 is 2.08 bits per heavy atom. The van der Waals surface area contributed by atoms with Gasteiger partial charge >= 0.3 is 0 Å². The Morgan fingerprint density at radius 1 is 1.31 bits per heavy atom. The number of anilines is 1. The minimum absolute atomic E-state index is 0.0102. The molecule has 0 radical (unpaired) electrons. The van der Waals surface area contributed by atoms with Crippen LogP contribution < -0.4 is 15.2 Å². The minimum atomic E-state index is -0.642. The van der Waals surface area contributed by atoms with E-state index in [-0.39, 0.29) is 47.0 Å². The van der Waals surface area contributed by atoms with E-state index in [1.807, 2.05) is 0 Å². The molecule has 1 aliphatic rings. The molecule has 9 nitrogen and oxygen atoms in total. The topological polar surface area (TPSA) is 113 Å². The van der Waals surface area contributed by atoms with E-state index < -0.39 is 5.82 Å². The Bertz CT molecular complexity index is 1440. The smallest absolute Gasteiger partial charge is 0.246 e. The molecule has 3 heterocycles. The summed E-state index contributed by atoms with van der Waals surface area (Å²) in [5, 5.41) is 5.09. The molecular formula is C26H26FN5O4. The van der Waals surface area contributed by atoms with Crippen molar-refractivity contribution >= 4 is 28.4 Å². The number of pyridine rings is 1. The summed E-state index contributed by atoms with van der Waals surface area (Å²) in [4.78, 5) is 30.8. The third-order valence-electron chi connectivity index (χ3n) is 6.16. The Morgan fingerprint density at radius 3 is 2.75 bits per heavy atom. The first-order valence-electron chi connectivity index (χ1n) is 11.4. The number of carbonyl (C=O) groups excluding carboxylic acids is 2. The summed E-state index contributed by atoms with van der Waals surface area (Å²) in [5.74, 6) is 5.26. The molecule has 1 fully saturated rings. The largest absolute Gasteiger partial charge is 0.497 e. The Hall–Kier alpha value is -4.39. The number of aromatic nitrogens is 3. The van der Waals surface area contributed by atoms with E-state index >= 15 is 0 Å². The first-order chi connectivity index (χ1) is 17.3. The lowest BCUT2D eigenvalue weighted by atomic mass is 10.1. The number of amides is 1. The molecule has 1 atom stereocenters. The highest BCUT2D eigenvalue weighted by atomic mass is 19.1. The van der Waals surface area contributed by atoms with E-state index in [2.05, 4.69) is 28.5 Å². The van der Waals surface area contributed by atoms with Crippen LogP contribution in [-0.2, 0) is 4.79 Å². The predicted octanol–water partition coefficient (Wildman–Crippen LogP) is 3.12. The molecule has 1 aliphatic heterocycles. The number of rotatable bonds is 6. The lowest BCUT2D eigenvalue weighted by Gasteiger charge is -2.16. The second-order valence-corrected chi connectivity index (χ2v) is 8.22. The Kier molecular flexibility index (Phi) is 6.92. The van der Waals surface area contributed by atoms with Gasteiger partial charge in [-0.25, -0.2) is 9.37 Å². The summed E-state index contributed by atoms with van der Waals surface area (Å²) in [5.41, 5.74) is 7.39. The van der Waals surface area contributed by atoms with Gasteiger partial charge in [0.2, 0.25) is 5.91 Å². The maximum atomic E-state index is 14.9. The molecule has 1 amide bonds. The first-order valence-corrected chi connectivity index (χ1v) is 11.4. The maximum Gasteiger partial charge on any atom is 0.246 e. The van der Waals surface area contributed by atoms with Crippen molar-refractivity contribution in [2.75, 3.05) is 33.0 Å². The fourth-order valence-electron chi connectivity index (χ4n) is 4.27. The van der Waals surface area contributed by atoms with Gasteiger partial charge in [0.1, 0.15) is 17.3 Å². The van der Waals surface area contributed by atoms with Crippen molar-refractivity contribution in [1.82, 2.24) is 19.7 Å². The number of nitrogens with two attached hydrogens (primary N) is 1. The molecule has 0 aliphatic carbocycles. The summed E-state index contributed by atoms with van der Waals surface area (Å²) < 4.78 is 26.9. The van der Waals surface area contributed by atoms with Crippen molar-refractivity contribution in [3.8, 4) is 23.3 Å². The van der Waals surface area contributed by atoms with Gasteiger partial charge in [0.15, 0.2) is 17.3 Å². The number of hydrogen-bond acceptors (Lipinski definition) is 7. The Balaban J connectivity index is 1.90. The molecule has 10 heteroatoms. The highest BCUT2D eigenvalue weighted by molar-refractivity contribution is 6.09. The van der Waals surface area contributed by atoms with Crippen LogP contribution in [0.2, 0.25) is 0 Å². The van der Waals surface area contributed by atoms with Crippen LogP contribution in [0.25, 0.3) is 10.9 Å². The van der Waals surface area contributed by atoms with E-state index in [0.29, 0.717) is 41.7 Å². The number of ketones is 1. The van der Waals surface area contributed by atoms with Crippen molar-refractivity contribution in [1.29, 1.82) is 0 Å². The lowest BCUT2D eigenvalue weighted by Crippen LogP contribution is -2.27. The molecule has 1 saturated heterocycles. The number of fused-ring (bicyclic) bond motifs is 1. The van der Waals surface area contributed by atoms with Crippen LogP contribution in [0.15, 0.2) is 31.0 Å². The number of halogens is 1. The zero-order valence-electron chi connectivity index (χ0n) is 20.3. The number of methoxy groups -OCH3 is 2. The van der Waals surface area contributed by atoms with Crippen molar-refractivity contribution in [2.24, 2.45) is 0 Å². The molecule has 36 heavy (non-hydrogen) atoms. The third kappa shape index (κ3) is 4.35. The second-order valence-electron chi connectivity index (χ2n) is 8.22. The number of ether oxygens (including phenoxy) is 2. The number of likely N-dealkylation sites (tertiary alicyclic amines) is 1. The van der Waals surface area contributed by atoms with Crippen LogP contribution in [0.3, 0.4) is 0 Å². The van der Waals surface area contributed by atoms with Gasteiger partial charge in [0, 0.05) is 31.8 Å². The van der Waals surface area contributed by atoms with E-state index in [9.17, 15) is 14.0 Å². The van der Waals surface area contributed by atoms with E-state index in [1.165, 1.54) is 38.6 Å². The van der Waals surface area contributed by atoms with Crippen LogP contribution in [0.5, 0.6) is 11.5 Å². The fraction of sp³-hybridized carbons (Fsp3) is 0.308. The molecule has 4 rings (SSSR count). The van der Waals surface area contributed by atoms with Crippen LogP contribution in [-0.4, -0.2) is 58.7 Å². The van der Waals surface area contributed by atoms with Crippen molar-refractivity contribution in [2.45, 2.75) is 25.8 Å². The Labute approximate surface area is 207 Å². The molecule has 0 bridgehead atoms. The van der Waals surface area contributed by atoms with Gasteiger partial charge in [0.25, 0.3) is 0 Å².